The zero-order valence-corrected chi connectivity index (χ0v) is 11.4. The van der Waals surface area contributed by atoms with E-state index in [1.54, 1.807) is 0 Å². The maximum absolute atomic E-state index is 10.8. The first-order chi connectivity index (χ1) is 8.08. The number of aliphatic carboxylic acids is 1. The van der Waals surface area contributed by atoms with Gasteiger partial charge < -0.3 is 10.0 Å². The highest BCUT2D eigenvalue weighted by molar-refractivity contribution is 9.10. The van der Waals surface area contributed by atoms with Crippen molar-refractivity contribution in [1.29, 1.82) is 0 Å². The van der Waals surface area contributed by atoms with Gasteiger partial charge in [0.05, 0.1) is 6.42 Å². The van der Waals surface area contributed by atoms with E-state index in [4.69, 9.17) is 5.11 Å². The highest BCUT2D eigenvalue weighted by atomic mass is 79.9. The largest absolute Gasteiger partial charge is 0.481 e. The van der Waals surface area contributed by atoms with Crippen LogP contribution in [0.4, 0.5) is 5.69 Å². The molecule has 1 aromatic carbocycles. The van der Waals surface area contributed by atoms with Gasteiger partial charge in [-0.05, 0) is 43.5 Å². The molecule has 0 spiro atoms. The van der Waals surface area contributed by atoms with Crippen molar-refractivity contribution in [3.05, 3.63) is 28.2 Å². The number of benzene rings is 1. The molecule has 0 radical (unpaired) electrons. The van der Waals surface area contributed by atoms with Crippen LogP contribution in [0.1, 0.15) is 24.8 Å². The first-order valence-corrected chi connectivity index (χ1v) is 6.62. The fourth-order valence-electron chi connectivity index (χ4n) is 2.51. The number of anilines is 1. The topological polar surface area (TPSA) is 40.5 Å². The molecule has 2 rings (SSSR count). The predicted molar refractivity (Wildman–Crippen MR) is 71.5 cm³/mol. The average Bonchev–Trinajstić information content (AvgIpc) is 2.65. The van der Waals surface area contributed by atoms with Crippen LogP contribution in [0.3, 0.4) is 0 Å². The third-order valence-corrected chi connectivity index (χ3v) is 3.75. The number of carbonyl (C=O) groups is 1. The molecule has 1 heterocycles. The maximum Gasteiger partial charge on any atom is 0.305 e. The lowest BCUT2D eigenvalue weighted by Gasteiger charge is -2.27. The molecule has 92 valence electrons. The molecule has 3 nitrogen and oxygen atoms in total. The molecular weight excluding hydrogens is 282 g/mol. The second-order valence-electron chi connectivity index (χ2n) is 4.52. The van der Waals surface area contributed by atoms with Crippen LogP contribution in [0.15, 0.2) is 22.7 Å². The van der Waals surface area contributed by atoms with Gasteiger partial charge in [-0.25, -0.2) is 0 Å². The second-order valence-corrected chi connectivity index (χ2v) is 5.43. The van der Waals surface area contributed by atoms with Crippen LogP contribution in [-0.2, 0) is 4.79 Å². The Morgan fingerprint density at radius 1 is 1.59 bits per heavy atom. The minimum Gasteiger partial charge on any atom is -0.481 e. The molecule has 1 aliphatic rings. The summed E-state index contributed by atoms with van der Waals surface area (Å²) >= 11 is 3.45. The number of hydrogen-bond acceptors (Lipinski definition) is 2. The van der Waals surface area contributed by atoms with Gasteiger partial charge in [0, 0.05) is 22.7 Å². The highest BCUT2D eigenvalue weighted by Crippen LogP contribution is 2.31. The number of rotatable bonds is 3. The van der Waals surface area contributed by atoms with E-state index in [0.717, 1.165) is 29.5 Å². The number of halogens is 1. The van der Waals surface area contributed by atoms with Crippen LogP contribution in [0.2, 0.25) is 0 Å². The SMILES string of the molecule is Cc1cc(Br)ccc1N1CCCC1CC(=O)O. The van der Waals surface area contributed by atoms with Crippen molar-refractivity contribution in [3.8, 4) is 0 Å². The van der Waals surface area contributed by atoms with Crippen LogP contribution in [-0.4, -0.2) is 23.7 Å². The third kappa shape index (κ3) is 2.80. The molecule has 4 heteroatoms. The number of carboxylic acids is 1. The van der Waals surface area contributed by atoms with Crippen molar-refractivity contribution in [2.75, 3.05) is 11.4 Å². The van der Waals surface area contributed by atoms with E-state index < -0.39 is 5.97 Å². The molecule has 0 aliphatic carbocycles. The average molecular weight is 298 g/mol. The molecule has 1 aromatic rings. The quantitative estimate of drug-likeness (QED) is 0.931. The lowest BCUT2D eigenvalue weighted by molar-refractivity contribution is -0.137. The fourth-order valence-corrected chi connectivity index (χ4v) is 2.98. The van der Waals surface area contributed by atoms with Crippen LogP contribution in [0.25, 0.3) is 0 Å². The molecule has 1 aliphatic heterocycles. The van der Waals surface area contributed by atoms with Crippen molar-refractivity contribution in [2.45, 2.75) is 32.2 Å². The summed E-state index contributed by atoms with van der Waals surface area (Å²) in [6.45, 7) is 3.02. The van der Waals surface area contributed by atoms with Gasteiger partial charge in [-0.2, -0.15) is 0 Å². The van der Waals surface area contributed by atoms with Gasteiger partial charge in [0.2, 0.25) is 0 Å². The molecular formula is C13H16BrNO2. The molecule has 1 fully saturated rings. The summed E-state index contributed by atoms with van der Waals surface area (Å²) < 4.78 is 1.06. The Kier molecular flexibility index (Phi) is 3.72. The van der Waals surface area contributed by atoms with E-state index in [2.05, 4.69) is 39.9 Å². The summed E-state index contributed by atoms with van der Waals surface area (Å²) in [5.74, 6) is -0.711. The van der Waals surface area contributed by atoms with Crippen molar-refractivity contribution in [3.63, 3.8) is 0 Å². The van der Waals surface area contributed by atoms with Crippen molar-refractivity contribution < 1.29 is 9.90 Å². The molecule has 0 aromatic heterocycles. The predicted octanol–water partition coefficient (Wildman–Crippen LogP) is 3.20. The van der Waals surface area contributed by atoms with Gasteiger partial charge in [0.1, 0.15) is 0 Å². The Bertz CT molecular complexity index is 433. The van der Waals surface area contributed by atoms with Crippen LogP contribution >= 0.6 is 15.9 Å². The van der Waals surface area contributed by atoms with Crippen molar-refractivity contribution in [2.24, 2.45) is 0 Å². The summed E-state index contributed by atoms with van der Waals surface area (Å²) in [6.07, 6.45) is 2.28. The monoisotopic (exact) mass is 297 g/mol. The molecule has 17 heavy (non-hydrogen) atoms. The van der Waals surface area contributed by atoms with E-state index in [0.29, 0.717) is 0 Å². The zero-order chi connectivity index (χ0) is 12.4. The number of carboxylic acid groups (broad SMARTS) is 1. The smallest absolute Gasteiger partial charge is 0.305 e. The Morgan fingerprint density at radius 3 is 3.00 bits per heavy atom. The molecule has 0 amide bonds. The zero-order valence-electron chi connectivity index (χ0n) is 9.82. The molecule has 0 bridgehead atoms. The first kappa shape index (κ1) is 12.4. The maximum atomic E-state index is 10.8. The Morgan fingerprint density at radius 2 is 2.35 bits per heavy atom. The van der Waals surface area contributed by atoms with Crippen molar-refractivity contribution >= 4 is 27.6 Å². The summed E-state index contributed by atoms with van der Waals surface area (Å²) in [5.41, 5.74) is 2.36. The van der Waals surface area contributed by atoms with Crippen molar-refractivity contribution in [1.82, 2.24) is 0 Å². The Hall–Kier alpha value is -1.03. The van der Waals surface area contributed by atoms with Crippen LogP contribution in [0, 0.1) is 6.92 Å². The molecule has 1 N–H and O–H groups in total. The van der Waals surface area contributed by atoms with E-state index in [1.807, 2.05) is 6.07 Å². The van der Waals surface area contributed by atoms with Gasteiger partial charge >= 0.3 is 5.97 Å². The lowest BCUT2D eigenvalue weighted by atomic mass is 10.1. The van der Waals surface area contributed by atoms with Gasteiger partial charge in [0.25, 0.3) is 0 Å². The second kappa shape index (κ2) is 5.08. The molecule has 0 saturated carbocycles. The van der Waals surface area contributed by atoms with E-state index in [9.17, 15) is 4.79 Å². The van der Waals surface area contributed by atoms with Gasteiger partial charge in [-0.1, -0.05) is 15.9 Å². The van der Waals surface area contributed by atoms with E-state index >= 15 is 0 Å². The standard InChI is InChI=1S/C13H16BrNO2/c1-9-7-10(14)4-5-12(9)15-6-2-3-11(15)8-13(16)17/h4-5,7,11H,2-3,6,8H2,1H3,(H,16,17). The molecule has 1 unspecified atom stereocenters. The Balaban J connectivity index is 2.23. The summed E-state index contributed by atoms with van der Waals surface area (Å²) in [7, 11) is 0. The van der Waals surface area contributed by atoms with Gasteiger partial charge in [-0.15, -0.1) is 0 Å². The van der Waals surface area contributed by atoms with E-state index in [1.165, 1.54) is 5.56 Å². The number of aryl methyl sites for hydroxylation is 1. The van der Waals surface area contributed by atoms with Gasteiger partial charge in [-0.3, -0.25) is 4.79 Å². The summed E-state index contributed by atoms with van der Waals surface area (Å²) in [5, 5.41) is 8.92. The normalized spacial score (nSPS) is 19.6. The molecule has 1 saturated heterocycles. The van der Waals surface area contributed by atoms with Crippen LogP contribution in [0.5, 0.6) is 0 Å². The molecule has 1 atom stereocenters. The van der Waals surface area contributed by atoms with Gasteiger partial charge in [0.15, 0.2) is 0 Å². The first-order valence-electron chi connectivity index (χ1n) is 5.82. The highest BCUT2D eigenvalue weighted by Gasteiger charge is 2.27. The number of hydrogen-bond donors (Lipinski definition) is 1. The lowest BCUT2D eigenvalue weighted by Crippen LogP contribution is -2.31. The Labute approximate surface area is 110 Å². The summed E-state index contributed by atoms with van der Waals surface area (Å²) in [4.78, 5) is 13.1. The third-order valence-electron chi connectivity index (χ3n) is 3.26. The van der Waals surface area contributed by atoms with Crippen LogP contribution < -0.4 is 4.90 Å². The minimum atomic E-state index is -0.711. The summed E-state index contributed by atoms with van der Waals surface area (Å²) in [6, 6.07) is 6.30. The number of nitrogens with zero attached hydrogens (tertiary/aromatic N) is 1. The fraction of sp³-hybridized carbons (Fsp3) is 0.462. The van der Waals surface area contributed by atoms with E-state index in [-0.39, 0.29) is 12.5 Å². The minimum absolute atomic E-state index is 0.146.